The third-order valence-corrected chi connectivity index (χ3v) is 5.04. The molecule has 2 N–H and O–H groups in total. The molecule has 2 rings (SSSR count). The third kappa shape index (κ3) is 4.49. The van der Waals surface area contributed by atoms with E-state index in [1.807, 2.05) is 18.8 Å². The normalized spacial score (nSPS) is 22.2. The summed E-state index contributed by atoms with van der Waals surface area (Å²) in [6, 6.07) is 0.558. The molecule has 0 amide bonds. The zero-order valence-corrected chi connectivity index (χ0v) is 15.4. The fraction of sp³-hybridized carbons (Fsp3) is 0.778. The predicted octanol–water partition coefficient (Wildman–Crippen LogP) is 2.79. The van der Waals surface area contributed by atoms with Crippen molar-refractivity contribution in [1.29, 1.82) is 0 Å². The second-order valence-electron chi connectivity index (χ2n) is 6.73. The van der Waals surface area contributed by atoms with Gasteiger partial charge in [-0.2, -0.15) is 5.10 Å². The van der Waals surface area contributed by atoms with E-state index in [2.05, 4.69) is 41.5 Å². The number of aryl methyl sites for hydroxylation is 2. The molecular weight excluding hydrogens is 286 g/mol. The third-order valence-electron chi connectivity index (χ3n) is 5.04. The van der Waals surface area contributed by atoms with Crippen LogP contribution in [0.2, 0.25) is 0 Å². The molecule has 0 radical (unpaired) electrons. The molecule has 0 bridgehead atoms. The largest absolute Gasteiger partial charge is 0.354 e. The van der Waals surface area contributed by atoms with Crippen molar-refractivity contribution >= 4 is 5.96 Å². The monoisotopic (exact) mass is 319 g/mol. The number of nitrogens with one attached hydrogen (secondary N) is 2. The van der Waals surface area contributed by atoms with Gasteiger partial charge in [0.1, 0.15) is 0 Å². The zero-order chi connectivity index (χ0) is 16.8. The Morgan fingerprint density at radius 3 is 2.48 bits per heavy atom. The number of hydrogen-bond acceptors (Lipinski definition) is 2. The van der Waals surface area contributed by atoms with Crippen LogP contribution < -0.4 is 10.6 Å². The fourth-order valence-electron chi connectivity index (χ4n) is 3.56. The molecule has 5 heteroatoms. The molecule has 1 heterocycles. The summed E-state index contributed by atoms with van der Waals surface area (Å²) in [5, 5.41) is 11.7. The number of aliphatic imine (C=N–C) groups is 1. The summed E-state index contributed by atoms with van der Waals surface area (Å²) in [5.74, 6) is 1.79. The van der Waals surface area contributed by atoms with Crippen LogP contribution in [0.1, 0.15) is 63.4 Å². The van der Waals surface area contributed by atoms with Gasteiger partial charge in [0, 0.05) is 37.9 Å². The zero-order valence-electron chi connectivity index (χ0n) is 15.4. The molecule has 23 heavy (non-hydrogen) atoms. The Morgan fingerprint density at radius 1 is 1.22 bits per heavy atom. The molecule has 0 aromatic carbocycles. The van der Waals surface area contributed by atoms with E-state index in [1.165, 1.54) is 42.6 Å². The highest BCUT2D eigenvalue weighted by atomic mass is 15.3. The molecule has 1 aliphatic rings. The maximum atomic E-state index is 4.64. The van der Waals surface area contributed by atoms with Crippen molar-refractivity contribution < 1.29 is 0 Å². The van der Waals surface area contributed by atoms with E-state index in [0.29, 0.717) is 6.04 Å². The van der Waals surface area contributed by atoms with Gasteiger partial charge >= 0.3 is 0 Å². The smallest absolute Gasteiger partial charge is 0.191 e. The Labute approximate surface area is 141 Å². The first kappa shape index (κ1) is 17.8. The van der Waals surface area contributed by atoms with Crippen LogP contribution in [0.3, 0.4) is 0 Å². The molecule has 1 aliphatic carbocycles. The highest BCUT2D eigenvalue weighted by molar-refractivity contribution is 5.80. The molecule has 0 spiro atoms. The molecule has 130 valence electrons. The van der Waals surface area contributed by atoms with Gasteiger partial charge in [-0.25, -0.2) is 0 Å². The first-order valence-corrected chi connectivity index (χ1v) is 9.09. The van der Waals surface area contributed by atoms with Crippen molar-refractivity contribution in [2.24, 2.45) is 18.0 Å². The van der Waals surface area contributed by atoms with Crippen LogP contribution >= 0.6 is 0 Å². The van der Waals surface area contributed by atoms with Crippen molar-refractivity contribution in [2.75, 3.05) is 7.05 Å². The van der Waals surface area contributed by atoms with Gasteiger partial charge in [-0.1, -0.05) is 20.8 Å². The highest BCUT2D eigenvalue weighted by Gasteiger charge is 2.19. The van der Waals surface area contributed by atoms with Crippen molar-refractivity contribution in [2.45, 2.75) is 71.9 Å². The fourth-order valence-corrected chi connectivity index (χ4v) is 3.56. The molecule has 0 unspecified atom stereocenters. The molecule has 1 aromatic rings. The van der Waals surface area contributed by atoms with Crippen LogP contribution in [-0.2, 0) is 26.4 Å². The molecular formula is C18H33N5. The van der Waals surface area contributed by atoms with E-state index in [1.54, 1.807) is 0 Å². The minimum atomic E-state index is 0.558. The van der Waals surface area contributed by atoms with Crippen molar-refractivity contribution in [1.82, 2.24) is 20.4 Å². The van der Waals surface area contributed by atoms with E-state index in [0.717, 1.165) is 31.3 Å². The average molecular weight is 319 g/mol. The Bertz CT molecular complexity index is 524. The van der Waals surface area contributed by atoms with Crippen LogP contribution in [0.4, 0.5) is 0 Å². The Morgan fingerprint density at radius 2 is 1.91 bits per heavy atom. The molecule has 0 aliphatic heterocycles. The summed E-state index contributed by atoms with van der Waals surface area (Å²) in [6.07, 6.45) is 7.10. The van der Waals surface area contributed by atoms with Crippen LogP contribution in [0.15, 0.2) is 4.99 Å². The van der Waals surface area contributed by atoms with E-state index >= 15 is 0 Å². The Kier molecular flexibility index (Phi) is 6.48. The quantitative estimate of drug-likeness (QED) is 0.648. The van der Waals surface area contributed by atoms with Gasteiger partial charge in [0.15, 0.2) is 5.96 Å². The van der Waals surface area contributed by atoms with Crippen LogP contribution in [0.5, 0.6) is 0 Å². The highest BCUT2D eigenvalue weighted by Crippen LogP contribution is 2.23. The van der Waals surface area contributed by atoms with Gasteiger partial charge in [0.25, 0.3) is 0 Å². The Balaban J connectivity index is 1.96. The molecule has 1 fully saturated rings. The molecule has 1 saturated carbocycles. The van der Waals surface area contributed by atoms with Gasteiger partial charge in [-0.3, -0.25) is 9.67 Å². The van der Waals surface area contributed by atoms with Gasteiger partial charge < -0.3 is 10.6 Å². The van der Waals surface area contributed by atoms with Crippen LogP contribution in [0.25, 0.3) is 0 Å². The summed E-state index contributed by atoms with van der Waals surface area (Å²) >= 11 is 0. The number of guanidine groups is 1. The van der Waals surface area contributed by atoms with Gasteiger partial charge in [-0.05, 0) is 44.4 Å². The van der Waals surface area contributed by atoms with Crippen LogP contribution in [0, 0.1) is 5.92 Å². The predicted molar refractivity (Wildman–Crippen MR) is 96.7 cm³/mol. The Hall–Kier alpha value is -1.52. The molecule has 5 nitrogen and oxygen atoms in total. The maximum Gasteiger partial charge on any atom is 0.191 e. The van der Waals surface area contributed by atoms with Crippen molar-refractivity contribution in [3.8, 4) is 0 Å². The molecule has 0 saturated heterocycles. The lowest BCUT2D eigenvalue weighted by Crippen LogP contribution is -2.44. The lowest BCUT2D eigenvalue weighted by atomic mass is 9.87. The van der Waals surface area contributed by atoms with Crippen LogP contribution in [-0.4, -0.2) is 28.8 Å². The summed E-state index contributed by atoms with van der Waals surface area (Å²) in [7, 11) is 3.89. The summed E-state index contributed by atoms with van der Waals surface area (Å²) < 4.78 is 2.02. The van der Waals surface area contributed by atoms with Gasteiger partial charge in [-0.15, -0.1) is 0 Å². The number of nitrogens with zero attached hydrogens (tertiary/aromatic N) is 3. The maximum absolute atomic E-state index is 4.64. The molecule has 0 atom stereocenters. The lowest BCUT2D eigenvalue weighted by molar-refractivity contribution is 0.329. The van der Waals surface area contributed by atoms with Gasteiger partial charge in [0.05, 0.1) is 5.69 Å². The van der Waals surface area contributed by atoms with E-state index < -0.39 is 0 Å². The van der Waals surface area contributed by atoms with E-state index in [9.17, 15) is 0 Å². The summed E-state index contributed by atoms with van der Waals surface area (Å²) in [4.78, 5) is 4.40. The first-order chi connectivity index (χ1) is 11.1. The van der Waals surface area contributed by atoms with E-state index in [-0.39, 0.29) is 0 Å². The summed E-state index contributed by atoms with van der Waals surface area (Å²) in [6.45, 7) is 7.50. The standard InChI is InChI=1S/C18H33N5/c1-6-16-15(17(7-2)23(5)22-16)12-20-18(19-4)21-14-10-8-13(3)9-11-14/h13-14H,6-12H2,1-5H3,(H2,19,20,21). The lowest BCUT2D eigenvalue weighted by Gasteiger charge is -2.28. The summed E-state index contributed by atoms with van der Waals surface area (Å²) in [5.41, 5.74) is 3.84. The number of aromatic nitrogens is 2. The second-order valence-corrected chi connectivity index (χ2v) is 6.73. The SMILES string of the molecule is CCc1nn(C)c(CC)c1CNC(=NC)NC1CCC(C)CC1. The van der Waals surface area contributed by atoms with E-state index in [4.69, 9.17) is 0 Å². The number of rotatable bonds is 5. The molecule has 1 aromatic heterocycles. The number of hydrogen-bond donors (Lipinski definition) is 2. The first-order valence-electron chi connectivity index (χ1n) is 9.09. The van der Waals surface area contributed by atoms with Crippen molar-refractivity contribution in [3.63, 3.8) is 0 Å². The average Bonchev–Trinajstić information content (AvgIpc) is 2.88. The minimum absolute atomic E-state index is 0.558. The van der Waals surface area contributed by atoms with Gasteiger partial charge in [0.2, 0.25) is 0 Å². The second kappa shape index (κ2) is 8.37. The van der Waals surface area contributed by atoms with Crippen molar-refractivity contribution in [3.05, 3.63) is 17.0 Å². The minimum Gasteiger partial charge on any atom is -0.354 e. The topological polar surface area (TPSA) is 54.2 Å².